The molecule has 0 radical (unpaired) electrons. The Morgan fingerprint density at radius 3 is 2.43 bits per heavy atom. The van der Waals surface area contributed by atoms with Gasteiger partial charge in [0, 0.05) is 32.0 Å². The molecule has 28 heavy (non-hydrogen) atoms. The van der Waals surface area contributed by atoms with E-state index in [-0.39, 0.29) is 11.4 Å². The molecule has 3 aliphatic rings. The molecule has 1 fully saturated rings. The van der Waals surface area contributed by atoms with Crippen LogP contribution in [-0.2, 0) is 19.1 Å². The highest BCUT2D eigenvalue weighted by Crippen LogP contribution is 2.48. The highest BCUT2D eigenvalue weighted by atomic mass is 16.6. The van der Waals surface area contributed by atoms with Crippen molar-refractivity contribution in [2.75, 3.05) is 19.7 Å². The second-order valence-electron chi connectivity index (χ2n) is 7.28. The van der Waals surface area contributed by atoms with Crippen molar-refractivity contribution in [3.63, 3.8) is 0 Å². The van der Waals surface area contributed by atoms with Gasteiger partial charge in [0.2, 0.25) is 5.78 Å². The Morgan fingerprint density at radius 2 is 1.82 bits per heavy atom. The summed E-state index contributed by atoms with van der Waals surface area (Å²) in [6, 6.07) is 8.72. The number of hydrogen-bond donors (Lipinski definition) is 0. The molecule has 4 rings (SSSR count). The van der Waals surface area contributed by atoms with Crippen LogP contribution in [0.3, 0.4) is 0 Å². The number of carbonyl (C=O) groups is 3. The van der Waals surface area contributed by atoms with E-state index in [0.717, 1.165) is 19.3 Å². The molecule has 0 N–H and O–H groups in total. The molecule has 1 saturated heterocycles. The van der Waals surface area contributed by atoms with Crippen LogP contribution in [0.2, 0.25) is 0 Å². The van der Waals surface area contributed by atoms with Crippen LogP contribution in [0, 0.1) is 0 Å². The predicted octanol–water partition coefficient (Wildman–Crippen LogP) is 2.80. The second kappa shape index (κ2) is 7.26. The first-order chi connectivity index (χ1) is 13.6. The highest BCUT2D eigenvalue weighted by molar-refractivity contribution is 6.35. The van der Waals surface area contributed by atoms with E-state index in [4.69, 9.17) is 9.47 Å². The van der Waals surface area contributed by atoms with Crippen molar-refractivity contribution in [2.24, 2.45) is 0 Å². The Kier molecular flexibility index (Phi) is 4.79. The van der Waals surface area contributed by atoms with Gasteiger partial charge in [-0.2, -0.15) is 0 Å². The van der Waals surface area contributed by atoms with Crippen molar-refractivity contribution in [3.05, 3.63) is 59.0 Å². The van der Waals surface area contributed by atoms with Gasteiger partial charge in [0.05, 0.1) is 17.9 Å². The number of hydrogen-bond acceptors (Lipinski definition) is 6. The fourth-order valence-corrected chi connectivity index (χ4v) is 4.20. The molecule has 1 aliphatic carbocycles. The van der Waals surface area contributed by atoms with Gasteiger partial charge in [0.15, 0.2) is 11.5 Å². The fraction of sp³-hybridized carbons (Fsp3) is 0.409. The number of ether oxygens (including phenoxy) is 2. The van der Waals surface area contributed by atoms with Gasteiger partial charge in [-0.05, 0) is 25.3 Å². The molecular formula is C22H23NO5. The molecule has 0 aromatic heterocycles. The third kappa shape index (κ3) is 2.84. The summed E-state index contributed by atoms with van der Waals surface area (Å²) in [6.07, 6.45) is 5.44. The van der Waals surface area contributed by atoms with Crippen LogP contribution < -0.4 is 0 Å². The number of benzene rings is 1. The van der Waals surface area contributed by atoms with Crippen LogP contribution in [0.1, 0.15) is 43.0 Å². The van der Waals surface area contributed by atoms with Crippen molar-refractivity contribution in [3.8, 4) is 0 Å². The third-order valence-electron chi connectivity index (χ3n) is 5.40. The Bertz CT molecular complexity index is 879. The average molecular weight is 381 g/mol. The minimum atomic E-state index is -1.63. The van der Waals surface area contributed by atoms with Gasteiger partial charge in [-0.25, -0.2) is 0 Å². The van der Waals surface area contributed by atoms with Crippen LogP contribution in [0.5, 0.6) is 0 Å². The molecule has 0 saturated carbocycles. The molecule has 2 aliphatic heterocycles. The van der Waals surface area contributed by atoms with E-state index in [1.165, 1.54) is 6.92 Å². The molecule has 0 amide bonds. The first-order valence-electron chi connectivity index (χ1n) is 9.73. The molecule has 1 aromatic carbocycles. The number of ketones is 2. The van der Waals surface area contributed by atoms with Crippen molar-refractivity contribution >= 4 is 17.5 Å². The maximum atomic E-state index is 13.4. The molecule has 1 atom stereocenters. The van der Waals surface area contributed by atoms with E-state index in [0.29, 0.717) is 43.1 Å². The summed E-state index contributed by atoms with van der Waals surface area (Å²) in [5.41, 5.74) is -0.599. The minimum Gasteiger partial charge on any atom is -0.493 e. The zero-order valence-corrected chi connectivity index (χ0v) is 15.9. The van der Waals surface area contributed by atoms with Crippen LogP contribution in [-0.4, -0.2) is 47.7 Å². The number of nitrogens with zero attached hydrogens (tertiary/aromatic N) is 1. The molecule has 1 unspecified atom stereocenters. The second-order valence-corrected chi connectivity index (χ2v) is 7.28. The number of carbonyl (C=O) groups excluding carboxylic acids is 3. The number of piperidine rings is 1. The smallest absolute Gasteiger partial charge is 0.304 e. The van der Waals surface area contributed by atoms with Crippen LogP contribution in [0.4, 0.5) is 0 Å². The lowest BCUT2D eigenvalue weighted by Crippen LogP contribution is -2.62. The van der Waals surface area contributed by atoms with Crippen molar-refractivity contribution in [2.45, 2.75) is 38.2 Å². The van der Waals surface area contributed by atoms with Crippen molar-refractivity contribution in [1.82, 2.24) is 4.90 Å². The molecule has 2 heterocycles. The molecule has 6 nitrogen and oxygen atoms in total. The van der Waals surface area contributed by atoms with Gasteiger partial charge in [0.1, 0.15) is 0 Å². The number of esters is 1. The minimum absolute atomic E-state index is 0.103. The summed E-state index contributed by atoms with van der Waals surface area (Å²) in [6.45, 7) is 3.13. The standard InChI is InChI=1S/C22H23NO5/c1-15(24)28-22(17-11-8-14-27-17)20(23-12-6-3-7-13-23)18(21(22)26)19(25)16-9-4-2-5-10-16/h2,4-5,9-11H,3,6-8,12-14H2,1H3. The van der Waals surface area contributed by atoms with Crippen molar-refractivity contribution < 1.29 is 23.9 Å². The number of likely N-dealkylation sites (tertiary alicyclic amines) is 1. The van der Waals surface area contributed by atoms with Gasteiger partial charge >= 0.3 is 5.97 Å². The zero-order chi connectivity index (χ0) is 19.7. The summed E-state index contributed by atoms with van der Waals surface area (Å²) >= 11 is 0. The van der Waals surface area contributed by atoms with Gasteiger partial charge < -0.3 is 14.4 Å². The van der Waals surface area contributed by atoms with Gasteiger partial charge in [-0.1, -0.05) is 30.3 Å². The lowest BCUT2D eigenvalue weighted by atomic mass is 9.70. The van der Waals surface area contributed by atoms with E-state index in [9.17, 15) is 14.4 Å². The lowest BCUT2D eigenvalue weighted by molar-refractivity contribution is -0.165. The molecule has 6 heteroatoms. The maximum absolute atomic E-state index is 13.4. The Morgan fingerprint density at radius 1 is 1.11 bits per heavy atom. The largest absolute Gasteiger partial charge is 0.493 e. The van der Waals surface area contributed by atoms with Gasteiger partial charge in [0.25, 0.3) is 5.60 Å². The zero-order valence-electron chi connectivity index (χ0n) is 15.9. The summed E-state index contributed by atoms with van der Waals surface area (Å²) in [7, 11) is 0. The van der Waals surface area contributed by atoms with Crippen LogP contribution in [0.25, 0.3) is 0 Å². The van der Waals surface area contributed by atoms with Gasteiger partial charge in [-0.3, -0.25) is 14.4 Å². The van der Waals surface area contributed by atoms with Crippen molar-refractivity contribution in [1.29, 1.82) is 0 Å². The van der Waals surface area contributed by atoms with E-state index in [1.807, 2.05) is 11.0 Å². The average Bonchev–Trinajstić information content (AvgIpc) is 3.25. The Hall–Kier alpha value is -2.89. The summed E-state index contributed by atoms with van der Waals surface area (Å²) in [5, 5.41) is 0. The van der Waals surface area contributed by atoms with E-state index in [2.05, 4.69) is 0 Å². The summed E-state index contributed by atoms with van der Waals surface area (Å²) in [4.78, 5) is 40.5. The van der Waals surface area contributed by atoms with E-state index in [1.54, 1.807) is 30.3 Å². The molecule has 1 aromatic rings. The molecule has 146 valence electrons. The summed E-state index contributed by atoms with van der Waals surface area (Å²) < 4.78 is 11.3. The molecular weight excluding hydrogens is 358 g/mol. The van der Waals surface area contributed by atoms with Gasteiger partial charge in [-0.15, -0.1) is 0 Å². The van der Waals surface area contributed by atoms with E-state index < -0.39 is 17.4 Å². The lowest BCUT2D eigenvalue weighted by Gasteiger charge is -2.48. The molecule has 0 bridgehead atoms. The number of rotatable bonds is 5. The summed E-state index contributed by atoms with van der Waals surface area (Å²) in [5.74, 6) is -1.08. The highest BCUT2D eigenvalue weighted by Gasteiger charge is 2.64. The van der Waals surface area contributed by atoms with Crippen LogP contribution in [0.15, 0.2) is 53.4 Å². The first kappa shape index (κ1) is 18.5. The Balaban J connectivity index is 1.86. The van der Waals surface area contributed by atoms with E-state index >= 15 is 0 Å². The first-order valence-corrected chi connectivity index (χ1v) is 9.73. The molecule has 0 spiro atoms. The normalized spacial score (nSPS) is 24.4. The third-order valence-corrected chi connectivity index (χ3v) is 5.40. The maximum Gasteiger partial charge on any atom is 0.304 e. The number of Topliss-reactive ketones (excluding diaryl/α,β-unsaturated/α-hetero) is 2. The van der Waals surface area contributed by atoms with Crippen LogP contribution >= 0.6 is 0 Å². The SMILES string of the molecule is CC(=O)OC1(C2=CCCO2)C(=O)C(C(=O)c2ccccc2)=C1N1CCCCC1. The monoisotopic (exact) mass is 381 g/mol. The topological polar surface area (TPSA) is 72.9 Å². The Labute approximate surface area is 163 Å². The predicted molar refractivity (Wildman–Crippen MR) is 101 cm³/mol. The quantitative estimate of drug-likeness (QED) is 0.444. The fourth-order valence-electron chi connectivity index (χ4n) is 4.20.